The normalized spacial score (nSPS) is 13.5. The Balaban J connectivity index is -0.0000000335. The number of carbonyl (C=O) groups is 2. The van der Waals surface area contributed by atoms with Crippen LogP contribution < -0.4 is 0 Å². The molecule has 12 nitrogen and oxygen atoms in total. The molecular formula is C39H84O12. The lowest BCUT2D eigenvalue weighted by Crippen LogP contribution is -1.95. The number of aldehydes is 1. The Hall–Kier alpha value is -4.07. The lowest BCUT2D eigenvalue weighted by atomic mass is 10.2. The van der Waals surface area contributed by atoms with Crippen LogP contribution in [0, 0.1) is 6.92 Å². The maximum absolute atomic E-state index is 10.0. The van der Waals surface area contributed by atoms with Gasteiger partial charge in [0, 0.05) is 40.5 Å². The number of hydrogen-bond donors (Lipinski definition) is 2. The van der Waals surface area contributed by atoms with E-state index < -0.39 is 0 Å². The largest absolute Gasteiger partial charge is 0.545 e. The third-order valence-corrected chi connectivity index (χ3v) is 5.78. The molecule has 0 amide bonds. The zero-order chi connectivity index (χ0) is 38.1. The molecule has 6 heterocycles. The maximum Gasteiger partial charge on any atom is 0.185 e. The first kappa shape index (κ1) is 53.7. The number of aryl methyl sites for hydroxylation is 1. The van der Waals surface area contributed by atoms with Crippen LogP contribution in [0.1, 0.15) is 122 Å². The molecule has 2 unspecified atom stereocenters. The monoisotopic (exact) mass is 745 g/mol. The van der Waals surface area contributed by atoms with Gasteiger partial charge in [-0.1, -0.05) is 20.3 Å². The van der Waals surface area contributed by atoms with Gasteiger partial charge in [-0.25, -0.2) is 0 Å². The van der Waals surface area contributed by atoms with E-state index in [1.54, 1.807) is 50.0 Å². The predicted octanol–water partition coefficient (Wildman–Crippen LogP) is 10.5. The van der Waals surface area contributed by atoms with Crippen LogP contribution in [0.2, 0.25) is 0 Å². The first-order valence-electron chi connectivity index (χ1n) is 16.9. The fourth-order valence-electron chi connectivity index (χ4n) is 3.37. The minimum Gasteiger partial charge on any atom is -0.545 e. The van der Waals surface area contributed by atoms with Gasteiger partial charge in [0.05, 0.1) is 43.5 Å². The summed E-state index contributed by atoms with van der Waals surface area (Å²) in [6.07, 6.45) is 17.8. The highest BCUT2D eigenvalue weighted by molar-refractivity contribution is 5.75. The van der Waals surface area contributed by atoms with E-state index in [-0.39, 0.29) is 38.2 Å². The lowest BCUT2D eigenvalue weighted by Gasteiger charge is -1.95. The van der Waals surface area contributed by atoms with E-state index >= 15 is 0 Å². The van der Waals surface area contributed by atoms with Crippen LogP contribution in [0.25, 0.3) is 0 Å². The summed E-state index contributed by atoms with van der Waals surface area (Å²) >= 11 is 0. The second-order valence-corrected chi connectivity index (χ2v) is 10.6. The summed E-state index contributed by atoms with van der Waals surface area (Å²) < 4.78 is 28.9. The van der Waals surface area contributed by atoms with Crippen molar-refractivity contribution >= 4 is 18.9 Å². The van der Waals surface area contributed by atoms with Gasteiger partial charge in [0.2, 0.25) is 0 Å². The van der Waals surface area contributed by atoms with Crippen LogP contribution in [0.5, 0.6) is 0 Å². The topological polar surface area (TPSA) is 196 Å². The molecule has 2 aliphatic heterocycles. The number of carbonyl (C=O) groups excluding carboxylic acids is 3. The van der Waals surface area contributed by atoms with Crippen molar-refractivity contribution in [3.63, 3.8) is 0 Å². The molecule has 0 spiro atoms. The maximum atomic E-state index is 10.0. The van der Waals surface area contributed by atoms with Gasteiger partial charge in [0.1, 0.15) is 23.9 Å². The van der Waals surface area contributed by atoms with Gasteiger partial charge in [-0.3, -0.25) is 11.6 Å². The molecule has 2 aliphatic rings. The third-order valence-electron chi connectivity index (χ3n) is 5.78. The van der Waals surface area contributed by atoms with Gasteiger partial charge in [0.15, 0.2) is 12.0 Å². The van der Waals surface area contributed by atoms with Crippen molar-refractivity contribution in [2.75, 3.05) is 19.8 Å². The van der Waals surface area contributed by atoms with E-state index in [9.17, 15) is 9.59 Å². The molecule has 2 saturated heterocycles. The number of aliphatic hydroxyl groups excluding tert-OH is 2. The van der Waals surface area contributed by atoms with E-state index in [2.05, 4.69) is 29.5 Å². The molecule has 0 saturated carbocycles. The smallest absolute Gasteiger partial charge is 0.185 e. The highest BCUT2D eigenvalue weighted by atomic mass is 16.5. The summed E-state index contributed by atoms with van der Waals surface area (Å²) in [6, 6.07) is 14.2. The Bertz CT molecular complexity index is 1130. The minimum atomic E-state index is -0.102. The number of Topliss-reactive ketones (excluding diaryl/α,β-unsaturated/α-hetero) is 1. The van der Waals surface area contributed by atoms with Crippen LogP contribution in [0.4, 0.5) is 0 Å². The van der Waals surface area contributed by atoms with Crippen LogP contribution in [-0.4, -0.2) is 61.1 Å². The zero-order valence-electron chi connectivity index (χ0n) is 31.4. The summed E-state index contributed by atoms with van der Waals surface area (Å²) in [5.74, 6) is 2.24. The fourth-order valence-corrected chi connectivity index (χ4v) is 3.37. The second-order valence-electron chi connectivity index (χ2n) is 10.6. The van der Waals surface area contributed by atoms with Crippen LogP contribution in [0.3, 0.4) is 0 Å². The average molecular weight is 745 g/mol. The standard InChI is InChI=1S/C5H6O2.C5H4O2.C5H10O.C5H6O.C5H12O.C5H10O.C4H8O.C4H4O.CHO.H2O.10H2/c2*6-4-5-2-1-3-7-5;2*1-5-3-2-4-6-5;2*1-3-4-5(2)6;2*1-2-4-5-3-1;1-2;;;;;;;;;;;/h1-3,6H,4H2;1-4H;5H,2-4H2,1H3;2-4H,1H3;5-6H,3-4H2,1-2H3;3-4H2,1-2H3;1-4H2;1-4H;1H;1H2;10*1H/q;;;;;;;;-1;;;;;;;;;;;/p+1. The molecule has 6 rings (SSSR count). The van der Waals surface area contributed by atoms with Crippen LogP contribution >= 0.6 is 0 Å². The lowest BCUT2D eigenvalue weighted by molar-refractivity contribution is -0.117. The molecule has 51 heavy (non-hydrogen) atoms. The summed E-state index contributed by atoms with van der Waals surface area (Å²) in [5.41, 5.74) is 0. The average Bonchev–Trinajstić information content (AvgIpc) is 3.96. The summed E-state index contributed by atoms with van der Waals surface area (Å²) in [6.45, 7) is 17.8. The van der Waals surface area contributed by atoms with Gasteiger partial charge in [-0.2, -0.15) is 0 Å². The third kappa shape index (κ3) is 45.9. The number of ketones is 1. The van der Waals surface area contributed by atoms with Crippen LogP contribution in [0.15, 0.2) is 97.5 Å². The van der Waals surface area contributed by atoms with Gasteiger partial charge >= 0.3 is 0 Å². The first-order valence-corrected chi connectivity index (χ1v) is 16.9. The molecule has 2 atom stereocenters. The number of aliphatic hydroxyl groups is 2. The van der Waals surface area contributed by atoms with Crippen molar-refractivity contribution in [2.45, 2.75) is 112 Å². The molecule has 12 heteroatoms. The van der Waals surface area contributed by atoms with E-state index in [1.807, 2.05) is 45.0 Å². The molecule has 2 fully saturated rings. The summed E-state index contributed by atoms with van der Waals surface area (Å²) in [5, 5.41) is 16.9. The number of ether oxygens (including phenoxy) is 2. The summed E-state index contributed by atoms with van der Waals surface area (Å²) in [7, 11) is 0. The summed E-state index contributed by atoms with van der Waals surface area (Å²) in [4.78, 5) is 27.6. The van der Waals surface area contributed by atoms with Crippen molar-refractivity contribution < 1.29 is 71.5 Å². The van der Waals surface area contributed by atoms with E-state index in [1.165, 1.54) is 38.2 Å². The minimum absolute atomic E-state index is 0. The van der Waals surface area contributed by atoms with Gasteiger partial charge < -0.3 is 52.4 Å². The van der Waals surface area contributed by atoms with E-state index in [0.29, 0.717) is 23.9 Å². The quantitative estimate of drug-likeness (QED) is 0.108. The Labute approximate surface area is 319 Å². The molecule has 0 radical (unpaired) electrons. The Morgan fingerprint density at radius 2 is 1.49 bits per heavy atom. The first-order chi connectivity index (χ1) is 24.2. The highest BCUT2D eigenvalue weighted by Gasteiger charge is 2.07. The van der Waals surface area contributed by atoms with E-state index in [0.717, 1.165) is 51.3 Å². The fraction of sp³-hybridized carbons (Fsp3) is 0.513. The van der Waals surface area contributed by atoms with Crippen molar-refractivity contribution in [1.82, 2.24) is 0 Å². The van der Waals surface area contributed by atoms with Gasteiger partial charge in [-0.05, 0) is 115 Å². The zero-order valence-corrected chi connectivity index (χ0v) is 31.4. The molecule has 312 valence electrons. The molecule has 0 bridgehead atoms. The Morgan fingerprint density at radius 3 is 1.65 bits per heavy atom. The second kappa shape index (κ2) is 44.0. The SMILES string of the molecule is C1CCOC1.CC1CCCO1.CCCC(C)=O.CCCC(C)O.Cc1ccco1.O=Cc1ccco1.OCc1ccco1.[CH-]=O.[HH].[HH].[HH].[HH].[HH].[HH].[HH].[HH].[HH].[HH].[OH3+].c1ccoc1. The van der Waals surface area contributed by atoms with E-state index in [4.69, 9.17) is 33.3 Å². The molecule has 4 aromatic rings. The number of rotatable bonds is 6. The molecule has 5 N–H and O–H groups in total. The molecular weight excluding hydrogens is 660 g/mol. The van der Waals surface area contributed by atoms with Crippen molar-refractivity contribution in [3.8, 4) is 0 Å². The Kier molecular flexibility index (Phi) is 46.3. The van der Waals surface area contributed by atoms with Gasteiger partial charge in [0.25, 0.3) is 0 Å². The highest BCUT2D eigenvalue weighted by Crippen LogP contribution is 2.09. The number of furan rings is 4. The van der Waals surface area contributed by atoms with Crippen molar-refractivity contribution in [2.24, 2.45) is 0 Å². The Morgan fingerprint density at radius 1 is 0.902 bits per heavy atom. The van der Waals surface area contributed by atoms with Crippen molar-refractivity contribution in [3.05, 3.63) is 97.1 Å². The molecule has 4 aromatic heterocycles. The van der Waals surface area contributed by atoms with Crippen LogP contribution in [-0.2, 0) is 31.1 Å². The van der Waals surface area contributed by atoms with Gasteiger partial charge in [-0.15, -0.1) is 0 Å². The molecule has 0 aromatic carbocycles. The predicted molar refractivity (Wildman–Crippen MR) is 221 cm³/mol. The van der Waals surface area contributed by atoms with Crippen molar-refractivity contribution in [1.29, 1.82) is 0 Å². The molecule has 0 aliphatic carbocycles. The number of hydrogen-bond acceptors (Lipinski definition) is 11.